The largest absolute Gasteiger partial charge is 0.229 e. The Bertz CT molecular complexity index is 254. The van der Waals surface area contributed by atoms with E-state index in [-0.39, 0.29) is 0 Å². The van der Waals surface area contributed by atoms with Crippen LogP contribution in [0.3, 0.4) is 0 Å². The molecule has 0 unspecified atom stereocenters. The molecule has 0 aliphatic heterocycles. The van der Waals surface area contributed by atoms with Crippen molar-refractivity contribution in [1.82, 2.24) is 4.98 Å². The van der Waals surface area contributed by atoms with Crippen LogP contribution in [0.4, 0.5) is 0 Å². The lowest BCUT2D eigenvalue weighted by atomic mass is 10.5. The summed E-state index contributed by atoms with van der Waals surface area (Å²) in [7, 11) is 0. The Morgan fingerprint density at radius 2 is 2.36 bits per heavy atom. The minimum atomic E-state index is 0.531. The zero-order valence-electron chi connectivity index (χ0n) is 5.97. The van der Waals surface area contributed by atoms with Crippen molar-refractivity contribution in [2.75, 3.05) is 5.75 Å². The van der Waals surface area contributed by atoms with Gasteiger partial charge in [0, 0.05) is 0 Å². The van der Waals surface area contributed by atoms with E-state index in [0.717, 1.165) is 15.3 Å². The molecule has 0 spiro atoms. The molecule has 4 heteroatoms. The van der Waals surface area contributed by atoms with E-state index < -0.39 is 0 Å². The highest BCUT2D eigenvalue weighted by Crippen LogP contribution is 2.24. The molecule has 0 aromatic carbocycles. The molecule has 0 aliphatic carbocycles. The number of aromatic nitrogens is 1. The number of hydrogen-bond donors (Lipinski definition) is 0. The van der Waals surface area contributed by atoms with Gasteiger partial charge in [0.2, 0.25) is 0 Å². The van der Waals surface area contributed by atoms with Crippen molar-refractivity contribution in [3.8, 4) is 0 Å². The van der Waals surface area contributed by atoms with Crippen LogP contribution in [0, 0.1) is 0 Å². The zero-order valence-corrected chi connectivity index (χ0v) is 9.13. The fourth-order valence-electron chi connectivity index (χ4n) is 0.629. The van der Waals surface area contributed by atoms with Gasteiger partial charge in [0.25, 0.3) is 0 Å². The maximum atomic E-state index is 5.78. The Kier molecular flexibility index (Phi) is 3.69. The summed E-state index contributed by atoms with van der Waals surface area (Å²) in [6.07, 6.45) is 0. The molecule has 60 valence electrons. The lowest BCUT2D eigenvalue weighted by molar-refractivity contribution is 1.12. The van der Waals surface area contributed by atoms with Crippen molar-refractivity contribution >= 4 is 39.3 Å². The number of rotatable bonds is 2. The van der Waals surface area contributed by atoms with Gasteiger partial charge in [-0.1, -0.05) is 18.5 Å². The second-order valence-electron chi connectivity index (χ2n) is 1.86. The molecule has 0 N–H and O–H groups in total. The maximum absolute atomic E-state index is 5.78. The van der Waals surface area contributed by atoms with E-state index in [1.165, 1.54) is 0 Å². The molecule has 0 bridgehead atoms. The molecule has 1 aromatic rings. The molecular formula is C7H7BrClNS. The van der Waals surface area contributed by atoms with Crippen molar-refractivity contribution in [3.63, 3.8) is 0 Å². The molecular weight excluding hydrogens is 246 g/mol. The summed E-state index contributed by atoms with van der Waals surface area (Å²) >= 11 is 10.7. The van der Waals surface area contributed by atoms with Crippen LogP contribution in [0.15, 0.2) is 21.6 Å². The average molecular weight is 253 g/mol. The van der Waals surface area contributed by atoms with Gasteiger partial charge in [-0.05, 0) is 33.8 Å². The molecule has 0 radical (unpaired) electrons. The molecule has 1 rings (SSSR count). The van der Waals surface area contributed by atoms with Gasteiger partial charge in [0.15, 0.2) is 0 Å². The standard InChI is InChI=1S/C7H7BrClNS/c1-2-11-6-4-3-5(8)7(9)10-6/h3-4H,2H2,1H3. The highest BCUT2D eigenvalue weighted by Gasteiger charge is 1.99. The lowest BCUT2D eigenvalue weighted by Gasteiger charge is -1.98. The van der Waals surface area contributed by atoms with Crippen LogP contribution in [0.2, 0.25) is 5.15 Å². The fourth-order valence-corrected chi connectivity index (χ4v) is 1.67. The first-order valence-electron chi connectivity index (χ1n) is 3.19. The minimum Gasteiger partial charge on any atom is -0.229 e. The van der Waals surface area contributed by atoms with Crippen molar-refractivity contribution in [2.45, 2.75) is 11.9 Å². The van der Waals surface area contributed by atoms with Gasteiger partial charge in [-0.15, -0.1) is 11.8 Å². The molecule has 1 nitrogen and oxygen atoms in total. The molecule has 0 saturated carbocycles. The van der Waals surface area contributed by atoms with E-state index in [0.29, 0.717) is 5.15 Å². The van der Waals surface area contributed by atoms with Crippen molar-refractivity contribution < 1.29 is 0 Å². The third-order valence-electron chi connectivity index (χ3n) is 1.07. The molecule has 0 amide bonds. The van der Waals surface area contributed by atoms with Crippen LogP contribution in [0.25, 0.3) is 0 Å². The highest BCUT2D eigenvalue weighted by molar-refractivity contribution is 9.10. The Morgan fingerprint density at radius 1 is 1.64 bits per heavy atom. The Balaban J connectivity index is 2.86. The van der Waals surface area contributed by atoms with Gasteiger partial charge in [-0.25, -0.2) is 4.98 Å². The SMILES string of the molecule is CCSc1ccc(Br)c(Cl)n1. The summed E-state index contributed by atoms with van der Waals surface area (Å²) in [6.45, 7) is 2.09. The summed E-state index contributed by atoms with van der Waals surface area (Å²) in [6, 6.07) is 3.86. The molecule has 1 aromatic heterocycles. The summed E-state index contributed by atoms with van der Waals surface area (Å²) < 4.78 is 0.847. The highest BCUT2D eigenvalue weighted by atomic mass is 79.9. The topological polar surface area (TPSA) is 12.9 Å². The van der Waals surface area contributed by atoms with E-state index in [9.17, 15) is 0 Å². The Labute approximate surface area is 83.7 Å². The lowest BCUT2D eigenvalue weighted by Crippen LogP contribution is -1.81. The summed E-state index contributed by atoms with van der Waals surface area (Å²) in [5, 5.41) is 1.50. The fraction of sp³-hybridized carbons (Fsp3) is 0.286. The van der Waals surface area contributed by atoms with Crippen LogP contribution in [0.1, 0.15) is 6.92 Å². The Hall–Kier alpha value is 0.270. The van der Waals surface area contributed by atoms with Crippen LogP contribution >= 0.6 is 39.3 Å². The van der Waals surface area contributed by atoms with E-state index in [1.807, 2.05) is 12.1 Å². The van der Waals surface area contributed by atoms with Gasteiger partial charge in [-0.3, -0.25) is 0 Å². The smallest absolute Gasteiger partial charge is 0.144 e. The van der Waals surface area contributed by atoms with Crippen LogP contribution in [-0.4, -0.2) is 10.7 Å². The molecule has 0 atom stereocenters. The van der Waals surface area contributed by atoms with Crippen molar-refractivity contribution in [1.29, 1.82) is 0 Å². The molecule has 1 heterocycles. The first kappa shape index (κ1) is 9.36. The first-order valence-corrected chi connectivity index (χ1v) is 5.34. The van der Waals surface area contributed by atoms with Gasteiger partial charge in [0.05, 0.1) is 9.50 Å². The monoisotopic (exact) mass is 251 g/mol. The molecule has 11 heavy (non-hydrogen) atoms. The Morgan fingerprint density at radius 3 is 2.91 bits per heavy atom. The number of pyridine rings is 1. The molecule has 0 aliphatic rings. The molecule has 0 saturated heterocycles. The second-order valence-corrected chi connectivity index (χ2v) is 4.35. The van der Waals surface area contributed by atoms with Gasteiger partial charge in [0.1, 0.15) is 5.15 Å². The van der Waals surface area contributed by atoms with Crippen molar-refractivity contribution in [2.24, 2.45) is 0 Å². The van der Waals surface area contributed by atoms with Gasteiger partial charge < -0.3 is 0 Å². The minimum absolute atomic E-state index is 0.531. The number of hydrogen-bond acceptors (Lipinski definition) is 2. The number of halogens is 2. The summed E-state index contributed by atoms with van der Waals surface area (Å²) in [5.74, 6) is 1.02. The third-order valence-corrected chi connectivity index (χ3v) is 3.04. The first-order chi connectivity index (χ1) is 5.24. The van der Waals surface area contributed by atoms with Crippen molar-refractivity contribution in [3.05, 3.63) is 21.8 Å². The van der Waals surface area contributed by atoms with Crippen LogP contribution < -0.4 is 0 Å². The average Bonchev–Trinajstić information content (AvgIpc) is 1.98. The third kappa shape index (κ3) is 2.65. The normalized spacial score (nSPS) is 10.1. The van der Waals surface area contributed by atoms with E-state index >= 15 is 0 Å². The zero-order chi connectivity index (χ0) is 8.27. The molecule has 0 fully saturated rings. The van der Waals surface area contributed by atoms with Gasteiger partial charge >= 0.3 is 0 Å². The predicted molar refractivity (Wildman–Crippen MR) is 53.3 cm³/mol. The van der Waals surface area contributed by atoms with Crippen LogP contribution in [-0.2, 0) is 0 Å². The summed E-state index contributed by atoms with van der Waals surface area (Å²) in [4.78, 5) is 4.14. The summed E-state index contributed by atoms with van der Waals surface area (Å²) in [5.41, 5.74) is 0. The maximum Gasteiger partial charge on any atom is 0.144 e. The van der Waals surface area contributed by atoms with E-state index in [1.54, 1.807) is 11.8 Å². The van der Waals surface area contributed by atoms with E-state index in [4.69, 9.17) is 11.6 Å². The second kappa shape index (κ2) is 4.33. The predicted octanol–water partition coefficient (Wildman–Crippen LogP) is 3.61. The van der Waals surface area contributed by atoms with E-state index in [2.05, 4.69) is 27.8 Å². The number of nitrogens with zero attached hydrogens (tertiary/aromatic N) is 1. The van der Waals surface area contributed by atoms with Gasteiger partial charge in [-0.2, -0.15) is 0 Å². The quantitative estimate of drug-likeness (QED) is 0.589. The number of thioether (sulfide) groups is 1. The van der Waals surface area contributed by atoms with Crippen LogP contribution in [0.5, 0.6) is 0 Å².